The van der Waals surface area contributed by atoms with E-state index in [-0.39, 0.29) is 12.1 Å². The summed E-state index contributed by atoms with van der Waals surface area (Å²) in [7, 11) is 0. The van der Waals surface area contributed by atoms with Gasteiger partial charge in [-0.15, -0.1) is 0 Å². The largest absolute Gasteiger partial charge is 0.361 e. The van der Waals surface area contributed by atoms with Crippen LogP contribution in [-0.2, 0) is 10.5 Å². The topological polar surface area (TPSA) is 41.5 Å². The number of hydrogen-bond donors (Lipinski definition) is 2. The molecule has 0 radical (unpaired) electrons. The highest BCUT2D eigenvalue weighted by Gasteiger charge is 2.33. The van der Waals surface area contributed by atoms with Crippen LogP contribution < -0.4 is 5.32 Å². The second-order valence-electron chi connectivity index (χ2n) is 3.47. The minimum absolute atomic E-state index is 0.0900. The Balaban J connectivity index is 2.34. The molecule has 2 rings (SSSR count). The highest BCUT2D eigenvalue weighted by molar-refractivity contribution is 5.23. The van der Waals surface area contributed by atoms with Crippen LogP contribution in [0.2, 0.25) is 0 Å². The van der Waals surface area contributed by atoms with Crippen LogP contribution in [-0.4, -0.2) is 24.8 Å². The normalized spacial score (nSPS) is 26.6. The van der Waals surface area contributed by atoms with Crippen molar-refractivity contribution in [3.05, 3.63) is 35.4 Å². The van der Waals surface area contributed by atoms with E-state index in [4.69, 9.17) is 4.74 Å². The number of rotatable bonds is 1. The minimum Gasteiger partial charge on any atom is -0.361 e. The van der Waals surface area contributed by atoms with Crippen LogP contribution in [0.15, 0.2) is 18.2 Å². The quantitative estimate of drug-likeness (QED) is 0.725. The number of ether oxygens (including phenoxy) is 1. The standard InChI is InChI=1S/C10H11F2NO2/c11-8-3-7(4-9(12)5-8)10(14)6-13-1-2-15-10/h3-5,13-14H,1-2,6H2. The second-order valence-corrected chi connectivity index (χ2v) is 3.47. The predicted molar refractivity (Wildman–Crippen MR) is 49.1 cm³/mol. The molecule has 1 atom stereocenters. The molecule has 1 fully saturated rings. The first-order valence-corrected chi connectivity index (χ1v) is 4.64. The van der Waals surface area contributed by atoms with Crippen LogP contribution in [0, 0.1) is 11.6 Å². The SMILES string of the molecule is OC1(c2cc(F)cc(F)c2)CNCCO1. The lowest BCUT2D eigenvalue weighted by Gasteiger charge is -2.33. The highest BCUT2D eigenvalue weighted by Crippen LogP contribution is 2.25. The molecule has 3 nitrogen and oxygen atoms in total. The molecular formula is C10H11F2NO2. The lowest BCUT2D eigenvalue weighted by atomic mass is 10.0. The molecule has 82 valence electrons. The Labute approximate surface area is 85.7 Å². The number of nitrogens with one attached hydrogen (secondary N) is 1. The van der Waals surface area contributed by atoms with E-state index >= 15 is 0 Å². The number of morpholine rings is 1. The molecule has 0 spiro atoms. The van der Waals surface area contributed by atoms with Crippen molar-refractivity contribution in [3.8, 4) is 0 Å². The van der Waals surface area contributed by atoms with E-state index in [9.17, 15) is 13.9 Å². The maximum atomic E-state index is 12.9. The molecule has 0 aromatic heterocycles. The Morgan fingerprint density at radius 2 is 1.93 bits per heavy atom. The zero-order chi connectivity index (χ0) is 10.9. The Morgan fingerprint density at radius 1 is 1.27 bits per heavy atom. The Kier molecular flexibility index (Phi) is 2.68. The number of hydrogen-bond acceptors (Lipinski definition) is 3. The van der Waals surface area contributed by atoms with Crippen LogP contribution in [0.4, 0.5) is 8.78 Å². The van der Waals surface area contributed by atoms with Crippen LogP contribution >= 0.6 is 0 Å². The number of aliphatic hydroxyl groups is 1. The monoisotopic (exact) mass is 215 g/mol. The zero-order valence-corrected chi connectivity index (χ0v) is 7.96. The molecule has 1 saturated heterocycles. The average Bonchev–Trinajstić information content (AvgIpc) is 2.17. The van der Waals surface area contributed by atoms with Gasteiger partial charge >= 0.3 is 0 Å². The number of β-amino-alcohol motifs (C(OH)–C–C–N with tert-alkyl or cyclic N) is 1. The summed E-state index contributed by atoms with van der Waals surface area (Å²) < 4.78 is 31.0. The first-order chi connectivity index (χ1) is 7.10. The maximum Gasteiger partial charge on any atom is 0.205 e. The van der Waals surface area contributed by atoms with Crippen molar-refractivity contribution >= 4 is 0 Å². The van der Waals surface area contributed by atoms with Gasteiger partial charge in [0.15, 0.2) is 0 Å². The van der Waals surface area contributed by atoms with Crippen molar-refractivity contribution in [2.45, 2.75) is 5.79 Å². The first kappa shape index (κ1) is 10.5. The molecular weight excluding hydrogens is 204 g/mol. The van der Waals surface area contributed by atoms with Gasteiger partial charge in [0.05, 0.1) is 13.2 Å². The molecule has 5 heteroatoms. The van der Waals surface area contributed by atoms with E-state index in [1.54, 1.807) is 0 Å². The zero-order valence-electron chi connectivity index (χ0n) is 7.96. The molecule has 1 heterocycles. The van der Waals surface area contributed by atoms with Gasteiger partial charge in [0, 0.05) is 18.2 Å². The van der Waals surface area contributed by atoms with E-state index in [1.807, 2.05) is 0 Å². The molecule has 2 N–H and O–H groups in total. The lowest BCUT2D eigenvalue weighted by molar-refractivity contribution is -0.223. The molecule has 0 bridgehead atoms. The van der Waals surface area contributed by atoms with Crippen molar-refractivity contribution in [1.29, 1.82) is 0 Å². The molecule has 1 aliphatic heterocycles. The molecule has 1 aromatic carbocycles. The summed E-state index contributed by atoms with van der Waals surface area (Å²) in [6, 6.07) is 2.88. The van der Waals surface area contributed by atoms with Gasteiger partial charge in [-0.3, -0.25) is 0 Å². The van der Waals surface area contributed by atoms with E-state index in [0.717, 1.165) is 18.2 Å². The van der Waals surface area contributed by atoms with Gasteiger partial charge < -0.3 is 15.2 Å². The number of benzene rings is 1. The molecule has 1 unspecified atom stereocenters. The summed E-state index contributed by atoms with van der Waals surface area (Å²) in [5.41, 5.74) is 0.0900. The van der Waals surface area contributed by atoms with E-state index < -0.39 is 17.4 Å². The summed E-state index contributed by atoms with van der Waals surface area (Å²) in [4.78, 5) is 0. The van der Waals surface area contributed by atoms with Gasteiger partial charge in [-0.05, 0) is 12.1 Å². The summed E-state index contributed by atoms with van der Waals surface area (Å²) >= 11 is 0. The first-order valence-electron chi connectivity index (χ1n) is 4.64. The van der Waals surface area contributed by atoms with Crippen molar-refractivity contribution in [1.82, 2.24) is 5.32 Å². The predicted octanol–water partition coefficient (Wildman–Crippen LogP) is 0.730. The summed E-state index contributed by atoms with van der Waals surface area (Å²) in [6.45, 7) is 1.03. The Bertz CT molecular complexity index is 344. The summed E-state index contributed by atoms with van der Waals surface area (Å²) in [5.74, 6) is -3.10. The Hall–Kier alpha value is -1.04. The Morgan fingerprint density at radius 3 is 2.47 bits per heavy atom. The van der Waals surface area contributed by atoms with E-state index in [1.165, 1.54) is 0 Å². The second kappa shape index (κ2) is 3.84. The fraction of sp³-hybridized carbons (Fsp3) is 0.400. The van der Waals surface area contributed by atoms with Crippen LogP contribution in [0.3, 0.4) is 0 Å². The maximum absolute atomic E-state index is 12.9. The third-order valence-electron chi connectivity index (χ3n) is 2.30. The molecule has 15 heavy (non-hydrogen) atoms. The van der Waals surface area contributed by atoms with Crippen molar-refractivity contribution in [2.75, 3.05) is 19.7 Å². The fourth-order valence-corrected chi connectivity index (χ4v) is 1.57. The molecule has 0 saturated carbocycles. The minimum atomic E-state index is -1.64. The van der Waals surface area contributed by atoms with Gasteiger partial charge in [0.1, 0.15) is 11.6 Å². The highest BCUT2D eigenvalue weighted by atomic mass is 19.1. The molecule has 0 aliphatic carbocycles. The van der Waals surface area contributed by atoms with Crippen LogP contribution in [0.1, 0.15) is 5.56 Å². The van der Waals surface area contributed by atoms with Crippen molar-refractivity contribution in [3.63, 3.8) is 0 Å². The van der Waals surface area contributed by atoms with Crippen LogP contribution in [0.25, 0.3) is 0 Å². The van der Waals surface area contributed by atoms with E-state index in [0.29, 0.717) is 13.2 Å². The van der Waals surface area contributed by atoms with Crippen molar-refractivity contribution in [2.24, 2.45) is 0 Å². The van der Waals surface area contributed by atoms with Crippen LogP contribution in [0.5, 0.6) is 0 Å². The smallest absolute Gasteiger partial charge is 0.205 e. The van der Waals surface area contributed by atoms with Gasteiger partial charge in [0.25, 0.3) is 0 Å². The average molecular weight is 215 g/mol. The molecule has 1 aliphatic rings. The van der Waals surface area contributed by atoms with E-state index in [2.05, 4.69) is 5.32 Å². The molecule has 1 aromatic rings. The summed E-state index contributed by atoms with van der Waals surface area (Å²) in [6.07, 6.45) is 0. The third-order valence-corrected chi connectivity index (χ3v) is 2.30. The fourth-order valence-electron chi connectivity index (χ4n) is 1.57. The van der Waals surface area contributed by atoms with Gasteiger partial charge in [0.2, 0.25) is 5.79 Å². The summed E-state index contributed by atoms with van der Waals surface area (Å²) in [5, 5.41) is 12.9. The lowest BCUT2D eigenvalue weighted by Crippen LogP contribution is -2.47. The molecule has 0 amide bonds. The van der Waals surface area contributed by atoms with Gasteiger partial charge in [-0.25, -0.2) is 8.78 Å². The van der Waals surface area contributed by atoms with Crippen molar-refractivity contribution < 1.29 is 18.6 Å². The van der Waals surface area contributed by atoms with Gasteiger partial charge in [-0.1, -0.05) is 0 Å². The van der Waals surface area contributed by atoms with Gasteiger partial charge in [-0.2, -0.15) is 0 Å². The number of halogens is 2. The third kappa shape index (κ3) is 2.14.